The SMILES string of the molecule is CC(=O)/C(C(=O)Cl)=C(\O)c1ccc([N+](=O)[O-])cc1.[Cl][Al][Cl]. The molecule has 0 fully saturated rings. The lowest BCUT2D eigenvalue weighted by Crippen LogP contribution is -2.07. The van der Waals surface area contributed by atoms with Crippen molar-refractivity contribution in [2.45, 2.75) is 6.92 Å². The van der Waals surface area contributed by atoms with Crippen LogP contribution in [0, 0.1) is 10.1 Å². The number of carbonyl (C=O) groups excluding carboxylic acids is 2. The van der Waals surface area contributed by atoms with E-state index >= 15 is 0 Å². The largest absolute Gasteiger partial charge is 0.506 e. The summed E-state index contributed by atoms with van der Waals surface area (Å²) in [4.78, 5) is 32.0. The molecule has 0 saturated heterocycles. The molecule has 6 nitrogen and oxygen atoms in total. The minimum absolute atomic E-state index is 0.0970. The molecule has 0 amide bonds. The number of non-ortho nitro benzene ring substituents is 1. The highest BCUT2D eigenvalue weighted by atomic mass is 35.7. The van der Waals surface area contributed by atoms with Gasteiger partial charge in [-0.1, -0.05) is 0 Å². The number of carbonyl (C=O) groups is 2. The van der Waals surface area contributed by atoms with Crippen molar-refractivity contribution in [2.24, 2.45) is 0 Å². The van der Waals surface area contributed by atoms with Crippen LogP contribution in [0.4, 0.5) is 5.69 Å². The summed E-state index contributed by atoms with van der Waals surface area (Å²) in [6.45, 7) is 1.08. The molecular formula is C11H8AlCl3NO5. The number of hydrogen-bond acceptors (Lipinski definition) is 5. The standard InChI is InChI=1S/C11H8ClNO5.Al.2ClH/c1-6(14)9(11(12)16)10(15)7-2-4-8(5-3-7)13(17)18;;;/h2-5,15H,1H3;;2*1H/q;+2;;/p-2/b10-9+;;;. The van der Waals surface area contributed by atoms with Gasteiger partial charge in [-0.05, 0) is 30.7 Å². The summed E-state index contributed by atoms with van der Waals surface area (Å²) in [6, 6.07) is 4.72. The number of nitrogens with zero attached hydrogens (tertiary/aromatic N) is 1. The molecule has 1 aromatic rings. The van der Waals surface area contributed by atoms with Gasteiger partial charge in [0.1, 0.15) is 11.3 Å². The van der Waals surface area contributed by atoms with Gasteiger partial charge in [0, 0.05) is 17.7 Å². The van der Waals surface area contributed by atoms with E-state index in [9.17, 15) is 24.8 Å². The highest BCUT2D eigenvalue weighted by Gasteiger charge is 2.19. The van der Waals surface area contributed by atoms with Crippen LogP contribution in [0.1, 0.15) is 12.5 Å². The third kappa shape index (κ3) is 6.46. The second-order valence-electron chi connectivity index (χ2n) is 3.44. The van der Waals surface area contributed by atoms with Crippen LogP contribution in [0.15, 0.2) is 29.8 Å². The van der Waals surface area contributed by atoms with Crippen molar-refractivity contribution in [1.82, 2.24) is 0 Å². The summed E-state index contributed by atoms with van der Waals surface area (Å²) in [7, 11) is 9.69. The van der Waals surface area contributed by atoms with Gasteiger partial charge in [-0.15, -0.1) is 0 Å². The van der Waals surface area contributed by atoms with Crippen LogP contribution in [0.3, 0.4) is 0 Å². The smallest absolute Gasteiger partial charge is 0.495 e. The van der Waals surface area contributed by atoms with Gasteiger partial charge in [0.2, 0.25) is 0 Å². The van der Waals surface area contributed by atoms with Gasteiger partial charge >= 0.3 is 13.4 Å². The van der Waals surface area contributed by atoms with Gasteiger partial charge in [0.15, 0.2) is 5.78 Å². The molecule has 10 heteroatoms. The number of ketones is 1. The van der Waals surface area contributed by atoms with Crippen molar-refractivity contribution in [3.05, 3.63) is 45.5 Å². The maximum absolute atomic E-state index is 11.1. The highest BCUT2D eigenvalue weighted by molar-refractivity contribution is 7.22. The number of halogens is 3. The molecule has 0 aliphatic rings. The minimum atomic E-state index is -1.08. The zero-order valence-corrected chi connectivity index (χ0v) is 14.0. The van der Waals surface area contributed by atoms with Crippen molar-refractivity contribution in [2.75, 3.05) is 0 Å². The summed E-state index contributed by atoms with van der Waals surface area (Å²) in [5.41, 5.74) is -0.626. The van der Waals surface area contributed by atoms with Crippen LogP contribution in [0.25, 0.3) is 5.76 Å². The van der Waals surface area contributed by atoms with Crippen LogP contribution in [-0.4, -0.2) is 34.4 Å². The lowest BCUT2D eigenvalue weighted by molar-refractivity contribution is -0.384. The molecule has 0 saturated carbocycles. The number of nitro groups is 1. The Kier molecular flexibility index (Phi) is 9.26. The molecule has 0 atom stereocenters. The zero-order chi connectivity index (χ0) is 16.6. The molecule has 111 valence electrons. The Morgan fingerprint density at radius 2 is 1.67 bits per heavy atom. The molecule has 0 aromatic heterocycles. The number of aliphatic hydroxyl groups excluding tert-OH is 1. The average Bonchev–Trinajstić information content (AvgIpc) is 2.38. The van der Waals surface area contributed by atoms with Gasteiger partial charge in [0.25, 0.3) is 10.9 Å². The number of benzene rings is 1. The quantitative estimate of drug-likeness (QED) is 0.129. The monoisotopic (exact) mass is 366 g/mol. The topological polar surface area (TPSA) is 97.5 Å². The number of Topliss-reactive ketones (excluding diaryl/α,β-unsaturated/α-hetero) is 1. The number of nitro benzene ring substituents is 1. The van der Waals surface area contributed by atoms with Crippen molar-refractivity contribution in [3.63, 3.8) is 0 Å². The Morgan fingerprint density at radius 1 is 1.24 bits per heavy atom. The van der Waals surface area contributed by atoms with Crippen molar-refractivity contribution >= 4 is 67.5 Å². The molecule has 0 unspecified atom stereocenters. The highest BCUT2D eigenvalue weighted by Crippen LogP contribution is 2.21. The van der Waals surface area contributed by atoms with Crippen molar-refractivity contribution in [1.29, 1.82) is 0 Å². The predicted octanol–water partition coefficient (Wildman–Crippen LogP) is 3.22. The van der Waals surface area contributed by atoms with Gasteiger partial charge < -0.3 is 5.11 Å². The number of allylic oxidation sites excluding steroid dienone is 1. The molecule has 1 N–H and O–H groups in total. The molecule has 1 rings (SSSR count). The fraction of sp³-hybridized carbons (Fsp3) is 0.0909. The molecule has 0 heterocycles. The normalized spacial score (nSPS) is 10.7. The number of rotatable bonds is 4. The summed E-state index contributed by atoms with van der Waals surface area (Å²) in [6.07, 6.45) is 0. The minimum Gasteiger partial charge on any atom is -0.506 e. The van der Waals surface area contributed by atoms with Gasteiger partial charge in [0.05, 0.1) is 4.92 Å². The zero-order valence-electron chi connectivity index (χ0n) is 10.5. The van der Waals surface area contributed by atoms with E-state index in [-0.39, 0.29) is 24.6 Å². The summed E-state index contributed by atoms with van der Waals surface area (Å²) in [5.74, 6) is -1.29. The second-order valence-corrected chi connectivity index (χ2v) is 5.93. The molecule has 1 radical (unpaired) electrons. The first-order chi connectivity index (χ1) is 9.76. The van der Waals surface area contributed by atoms with Crippen LogP contribution in [0.2, 0.25) is 0 Å². The van der Waals surface area contributed by atoms with Crippen LogP contribution >= 0.6 is 31.7 Å². The summed E-state index contributed by atoms with van der Waals surface area (Å²) in [5, 5.41) is 19.1. The lowest BCUT2D eigenvalue weighted by atomic mass is 10.1. The van der Waals surface area contributed by atoms with E-state index in [1.165, 1.54) is 12.1 Å². The van der Waals surface area contributed by atoms with Crippen LogP contribution in [-0.2, 0) is 9.59 Å². The first-order valence-corrected chi connectivity index (χ1v) is 9.04. The Labute approximate surface area is 139 Å². The van der Waals surface area contributed by atoms with Crippen LogP contribution < -0.4 is 0 Å². The third-order valence-corrected chi connectivity index (χ3v) is 2.33. The fourth-order valence-electron chi connectivity index (χ4n) is 1.28. The third-order valence-electron chi connectivity index (χ3n) is 2.14. The molecule has 0 spiro atoms. The Balaban J connectivity index is 0.00000122. The fourth-order valence-corrected chi connectivity index (χ4v) is 1.51. The molecular weight excluding hydrogens is 359 g/mol. The van der Waals surface area contributed by atoms with E-state index in [2.05, 4.69) is 0 Å². The molecule has 21 heavy (non-hydrogen) atoms. The van der Waals surface area contributed by atoms with Crippen LogP contribution in [0.5, 0.6) is 0 Å². The van der Waals surface area contributed by atoms with Crippen molar-refractivity contribution < 1.29 is 19.6 Å². The van der Waals surface area contributed by atoms with E-state index in [1.54, 1.807) is 0 Å². The van der Waals surface area contributed by atoms with Gasteiger partial charge in [-0.3, -0.25) is 19.7 Å². The van der Waals surface area contributed by atoms with E-state index < -0.39 is 27.3 Å². The lowest BCUT2D eigenvalue weighted by Gasteiger charge is -2.04. The number of hydrogen-bond donors (Lipinski definition) is 1. The number of aliphatic hydroxyl groups is 1. The Hall–Kier alpha value is -1.10. The van der Waals surface area contributed by atoms with Gasteiger partial charge in [-0.2, -0.15) is 0 Å². The second kappa shape index (κ2) is 9.77. The molecule has 0 aliphatic carbocycles. The Morgan fingerprint density at radius 3 is 1.95 bits per heavy atom. The first kappa shape index (κ1) is 19.9. The summed E-state index contributed by atoms with van der Waals surface area (Å²) >= 11 is 4.87. The maximum atomic E-state index is 11.1. The van der Waals surface area contributed by atoms with E-state index in [1.807, 2.05) is 0 Å². The Bertz CT molecular complexity index is 558. The molecule has 1 aromatic carbocycles. The first-order valence-electron chi connectivity index (χ1n) is 5.17. The van der Waals surface area contributed by atoms with Crippen molar-refractivity contribution in [3.8, 4) is 0 Å². The van der Waals surface area contributed by atoms with E-state index in [0.29, 0.717) is 0 Å². The van der Waals surface area contributed by atoms with E-state index in [4.69, 9.17) is 31.7 Å². The maximum Gasteiger partial charge on any atom is 0.495 e. The van der Waals surface area contributed by atoms with E-state index in [0.717, 1.165) is 19.1 Å². The summed E-state index contributed by atoms with van der Waals surface area (Å²) < 4.78 is 0. The van der Waals surface area contributed by atoms with Gasteiger partial charge in [-0.25, -0.2) is 20.1 Å². The average molecular weight is 368 g/mol. The molecule has 0 aliphatic heterocycles. The predicted molar refractivity (Wildman–Crippen MR) is 81.6 cm³/mol. The molecule has 0 bridgehead atoms.